The molecule has 0 spiro atoms. The predicted molar refractivity (Wildman–Crippen MR) is 96.3 cm³/mol. The van der Waals surface area contributed by atoms with Gasteiger partial charge in [0.25, 0.3) is 5.91 Å². The summed E-state index contributed by atoms with van der Waals surface area (Å²) in [6.07, 6.45) is 4.04. The number of carboxylic acids is 1. The summed E-state index contributed by atoms with van der Waals surface area (Å²) in [4.78, 5) is 40.4. The quantitative estimate of drug-likeness (QED) is 0.571. The van der Waals surface area contributed by atoms with E-state index in [4.69, 9.17) is 0 Å². The van der Waals surface area contributed by atoms with Gasteiger partial charge in [0.15, 0.2) is 0 Å². The number of thioether (sulfide) groups is 2. The number of β-lactam (4-membered cyclic amide) rings is 1. The largest absolute Gasteiger partial charge is 0.477 e. The van der Waals surface area contributed by atoms with Crippen LogP contribution in [0.3, 0.4) is 0 Å². The topological polar surface area (TPSA) is 99.6 Å². The highest BCUT2D eigenvalue weighted by Gasteiger charge is 2.53. The minimum absolute atomic E-state index is 0.00520. The van der Waals surface area contributed by atoms with E-state index in [0.29, 0.717) is 17.1 Å². The van der Waals surface area contributed by atoms with Gasteiger partial charge in [-0.25, -0.2) is 4.79 Å². The molecule has 9 heteroatoms. The Kier molecular flexibility index (Phi) is 5.14. The number of hydrogen-bond acceptors (Lipinski definition) is 6. The zero-order valence-corrected chi connectivity index (χ0v) is 14.8. The van der Waals surface area contributed by atoms with E-state index in [1.54, 1.807) is 11.6 Å². The van der Waals surface area contributed by atoms with Gasteiger partial charge < -0.3 is 10.4 Å². The third-order valence-corrected chi connectivity index (χ3v) is 6.15. The minimum Gasteiger partial charge on any atom is -0.477 e. The molecule has 0 aliphatic carbocycles. The highest BCUT2D eigenvalue weighted by Crippen LogP contribution is 2.43. The molecule has 0 bridgehead atoms. The third-order valence-electron chi connectivity index (χ3n) is 3.79. The molecule has 0 saturated carbocycles. The van der Waals surface area contributed by atoms with E-state index in [1.807, 2.05) is 25.1 Å². The fourth-order valence-electron chi connectivity index (χ4n) is 2.55. The standard InChI is InChI=1S/C16H15N3O4S2/c1-9-2-3-10(6-17-9)4-5-24-11-7-25-15-12(18-8-20)14(21)19(15)13(11)16(22)23/h2-6,8,12,15H,7H2,1H3,(H,18,20)(H,22,23)/t12?,15-/m0/s1. The molecule has 1 aromatic heterocycles. The molecule has 1 aromatic rings. The Balaban J connectivity index is 1.77. The Morgan fingerprint density at radius 3 is 2.96 bits per heavy atom. The fourth-order valence-corrected chi connectivity index (χ4v) is 4.92. The van der Waals surface area contributed by atoms with E-state index < -0.39 is 17.9 Å². The normalized spacial score (nSPS) is 22.6. The van der Waals surface area contributed by atoms with E-state index in [-0.39, 0.29) is 11.1 Å². The smallest absolute Gasteiger partial charge is 0.353 e. The molecule has 2 amide bonds. The molecule has 2 aliphatic heterocycles. The lowest BCUT2D eigenvalue weighted by molar-refractivity contribution is -0.149. The molecular formula is C16H15N3O4S2. The van der Waals surface area contributed by atoms with Crippen molar-refractivity contribution in [3.63, 3.8) is 0 Å². The number of carbonyl (C=O) groups is 3. The van der Waals surface area contributed by atoms with Crippen LogP contribution >= 0.6 is 23.5 Å². The van der Waals surface area contributed by atoms with Crippen molar-refractivity contribution in [3.05, 3.63) is 45.6 Å². The van der Waals surface area contributed by atoms with Crippen LogP contribution in [0.4, 0.5) is 0 Å². The number of aromatic nitrogens is 1. The highest BCUT2D eigenvalue weighted by molar-refractivity contribution is 8.08. The molecule has 3 rings (SSSR count). The van der Waals surface area contributed by atoms with Gasteiger partial charge in [-0.3, -0.25) is 19.5 Å². The second-order valence-corrected chi connectivity index (χ2v) is 7.51. The number of carbonyl (C=O) groups excluding carboxylic acids is 2. The van der Waals surface area contributed by atoms with Crippen LogP contribution in [0, 0.1) is 6.92 Å². The lowest BCUT2D eigenvalue weighted by Gasteiger charge is -2.48. The molecule has 0 radical (unpaired) electrons. The number of fused-ring (bicyclic) bond motifs is 1. The zero-order valence-electron chi connectivity index (χ0n) is 13.2. The lowest BCUT2D eigenvalue weighted by atomic mass is 10.1. The van der Waals surface area contributed by atoms with Crippen molar-refractivity contribution in [1.82, 2.24) is 15.2 Å². The van der Waals surface area contributed by atoms with Gasteiger partial charge in [0, 0.05) is 22.5 Å². The van der Waals surface area contributed by atoms with E-state index in [2.05, 4.69) is 10.3 Å². The Bertz CT molecular complexity index is 776. The highest BCUT2D eigenvalue weighted by atomic mass is 32.2. The second-order valence-electron chi connectivity index (χ2n) is 5.40. The Morgan fingerprint density at radius 1 is 1.52 bits per heavy atom. The summed E-state index contributed by atoms with van der Waals surface area (Å²) in [5, 5.41) is 13.4. The number of amides is 2. The average Bonchev–Trinajstić information content (AvgIpc) is 2.60. The maximum atomic E-state index is 12.1. The number of nitrogens with zero attached hydrogens (tertiary/aromatic N) is 2. The number of aryl methyl sites for hydroxylation is 1. The van der Waals surface area contributed by atoms with Gasteiger partial charge in [-0.15, -0.1) is 11.8 Å². The lowest BCUT2D eigenvalue weighted by Crippen LogP contribution is -2.69. The Hall–Kier alpha value is -2.26. The summed E-state index contributed by atoms with van der Waals surface area (Å²) >= 11 is 2.71. The maximum absolute atomic E-state index is 12.1. The van der Waals surface area contributed by atoms with Gasteiger partial charge >= 0.3 is 5.97 Å². The number of hydrogen-bond donors (Lipinski definition) is 2. The zero-order chi connectivity index (χ0) is 18.0. The van der Waals surface area contributed by atoms with E-state index in [0.717, 1.165) is 11.3 Å². The Labute approximate surface area is 152 Å². The van der Waals surface area contributed by atoms with Crippen LogP contribution in [0.5, 0.6) is 0 Å². The molecule has 3 heterocycles. The summed E-state index contributed by atoms with van der Waals surface area (Å²) in [7, 11) is 0. The van der Waals surface area contributed by atoms with Crippen molar-refractivity contribution in [2.45, 2.75) is 18.3 Å². The first kappa shape index (κ1) is 17.6. The van der Waals surface area contributed by atoms with Gasteiger partial charge in [-0.05, 0) is 30.0 Å². The maximum Gasteiger partial charge on any atom is 0.353 e. The first-order chi connectivity index (χ1) is 12.0. The third kappa shape index (κ3) is 3.42. The second kappa shape index (κ2) is 7.32. The minimum atomic E-state index is -1.14. The summed E-state index contributed by atoms with van der Waals surface area (Å²) in [5.41, 5.74) is 1.83. The van der Waals surface area contributed by atoms with Gasteiger partial charge in [0.1, 0.15) is 17.1 Å². The van der Waals surface area contributed by atoms with Crippen LogP contribution in [0.1, 0.15) is 11.3 Å². The molecule has 130 valence electrons. The van der Waals surface area contributed by atoms with Gasteiger partial charge in [0.05, 0.1) is 0 Å². The predicted octanol–water partition coefficient (Wildman–Crippen LogP) is 1.42. The van der Waals surface area contributed by atoms with Crippen molar-refractivity contribution in [1.29, 1.82) is 0 Å². The monoisotopic (exact) mass is 377 g/mol. The van der Waals surface area contributed by atoms with Crippen LogP contribution in [-0.4, -0.2) is 50.4 Å². The van der Waals surface area contributed by atoms with Gasteiger partial charge in [0.2, 0.25) is 6.41 Å². The number of carboxylic acid groups (broad SMARTS) is 1. The van der Waals surface area contributed by atoms with Crippen LogP contribution in [0.25, 0.3) is 6.08 Å². The molecule has 1 fully saturated rings. The molecule has 2 atom stereocenters. The Morgan fingerprint density at radius 2 is 2.32 bits per heavy atom. The first-order valence-electron chi connectivity index (χ1n) is 7.39. The molecule has 2 N–H and O–H groups in total. The van der Waals surface area contributed by atoms with Gasteiger partial charge in [-0.2, -0.15) is 0 Å². The average molecular weight is 377 g/mol. The van der Waals surface area contributed by atoms with Crippen LogP contribution < -0.4 is 5.32 Å². The van der Waals surface area contributed by atoms with Crippen molar-refractivity contribution in [2.75, 3.05) is 5.75 Å². The molecular weight excluding hydrogens is 362 g/mol. The first-order valence-corrected chi connectivity index (χ1v) is 9.32. The van der Waals surface area contributed by atoms with E-state index >= 15 is 0 Å². The fraction of sp³-hybridized carbons (Fsp3) is 0.250. The van der Waals surface area contributed by atoms with E-state index in [9.17, 15) is 19.5 Å². The molecule has 2 aliphatic rings. The number of aliphatic carboxylic acids is 1. The van der Waals surface area contributed by atoms with Gasteiger partial charge in [-0.1, -0.05) is 17.8 Å². The summed E-state index contributed by atoms with van der Waals surface area (Å²) in [6.45, 7) is 1.90. The molecule has 0 aromatic carbocycles. The summed E-state index contributed by atoms with van der Waals surface area (Å²) < 4.78 is 0. The molecule has 7 nitrogen and oxygen atoms in total. The van der Waals surface area contributed by atoms with Crippen molar-refractivity contribution in [3.8, 4) is 0 Å². The molecule has 25 heavy (non-hydrogen) atoms. The molecule has 1 unspecified atom stereocenters. The number of nitrogens with one attached hydrogen (secondary N) is 1. The summed E-state index contributed by atoms with van der Waals surface area (Å²) in [5.74, 6) is -1.07. The van der Waals surface area contributed by atoms with Crippen LogP contribution in [0.2, 0.25) is 0 Å². The van der Waals surface area contributed by atoms with Crippen molar-refractivity contribution < 1.29 is 19.5 Å². The van der Waals surface area contributed by atoms with Crippen LogP contribution in [0.15, 0.2) is 34.3 Å². The van der Waals surface area contributed by atoms with Crippen LogP contribution in [-0.2, 0) is 14.4 Å². The molecule has 1 saturated heterocycles. The number of pyridine rings is 1. The number of rotatable bonds is 6. The van der Waals surface area contributed by atoms with Crippen molar-refractivity contribution in [2.24, 2.45) is 0 Å². The SMILES string of the molecule is Cc1ccc(C=CSC2=C(C(=O)O)N3C(=O)C(NC=O)[C@@H]3SC2)cn1. The summed E-state index contributed by atoms with van der Waals surface area (Å²) in [6, 6.07) is 3.16. The van der Waals surface area contributed by atoms with E-state index in [1.165, 1.54) is 28.4 Å². The van der Waals surface area contributed by atoms with Crippen molar-refractivity contribution >= 4 is 47.9 Å².